The van der Waals surface area contributed by atoms with Gasteiger partial charge in [-0.1, -0.05) is 0 Å². The Morgan fingerprint density at radius 1 is 1.33 bits per heavy atom. The summed E-state index contributed by atoms with van der Waals surface area (Å²) >= 11 is 0. The highest BCUT2D eigenvalue weighted by molar-refractivity contribution is 5.22. The number of pyridine rings is 1. The molecule has 1 nitrogen and oxygen atoms in total. The van der Waals surface area contributed by atoms with Gasteiger partial charge in [0.2, 0.25) is 0 Å². The van der Waals surface area contributed by atoms with Crippen LogP contribution >= 0.6 is 0 Å². The normalized spacial score (nSPS) is 11.8. The van der Waals surface area contributed by atoms with Gasteiger partial charge in [0.15, 0.2) is 0 Å². The Kier molecular flexibility index (Phi) is 2.04. The lowest BCUT2D eigenvalue weighted by Gasteiger charge is -2.08. The van der Waals surface area contributed by atoms with E-state index in [1.165, 1.54) is 6.92 Å². The highest BCUT2D eigenvalue weighted by Crippen LogP contribution is 2.30. The summed E-state index contributed by atoms with van der Waals surface area (Å²) in [6.07, 6.45) is -3.77. The first-order valence-electron chi connectivity index (χ1n) is 3.10. The van der Waals surface area contributed by atoms with E-state index < -0.39 is 17.6 Å². The number of hydrogen-bond donors (Lipinski definition) is 0. The Bertz CT molecular complexity index is 292. The highest BCUT2D eigenvalue weighted by Gasteiger charge is 2.33. The molecule has 1 aromatic rings. The maximum absolute atomic E-state index is 12.3. The highest BCUT2D eigenvalue weighted by atomic mass is 19.4. The van der Waals surface area contributed by atoms with Crippen molar-refractivity contribution >= 4 is 0 Å². The van der Waals surface area contributed by atoms with Crippen LogP contribution in [0.15, 0.2) is 12.3 Å². The molecule has 0 aliphatic carbocycles. The predicted molar refractivity (Wildman–Crippen MR) is 33.9 cm³/mol. The molecule has 1 aromatic heterocycles. The van der Waals surface area contributed by atoms with Gasteiger partial charge in [0.05, 0.1) is 11.8 Å². The average molecular weight is 179 g/mol. The van der Waals surface area contributed by atoms with Crippen molar-refractivity contribution in [3.8, 4) is 0 Å². The monoisotopic (exact) mass is 179 g/mol. The molecule has 5 heteroatoms. The van der Waals surface area contributed by atoms with Gasteiger partial charge in [-0.05, 0) is 13.0 Å². The smallest absolute Gasteiger partial charge is 0.258 e. The van der Waals surface area contributed by atoms with Crippen molar-refractivity contribution in [2.45, 2.75) is 13.1 Å². The average Bonchev–Trinajstić information content (AvgIpc) is 1.92. The molecule has 0 bridgehead atoms. The molecule has 12 heavy (non-hydrogen) atoms. The van der Waals surface area contributed by atoms with Crippen LogP contribution in [0.25, 0.3) is 0 Å². The third kappa shape index (κ3) is 1.72. The van der Waals surface area contributed by atoms with Gasteiger partial charge in [0, 0.05) is 5.69 Å². The van der Waals surface area contributed by atoms with Gasteiger partial charge in [-0.15, -0.1) is 0 Å². The summed E-state index contributed by atoms with van der Waals surface area (Å²) in [5.74, 6) is -0.979. The molecule has 0 fully saturated rings. The molecule has 1 heterocycles. The minimum atomic E-state index is -4.53. The summed E-state index contributed by atoms with van der Waals surface area (Å²) in [5, 5.41) is 0. The van der Waals surface area contributed by atoms with Gasteiger partial charge in [-0.3, -0.25) is 4.98 Å². The van der Waals surface area contributed by atoms with Crippen molar-refractivity contribution in [2.24, 2.45) is 0 Å². The van der Waals surface area contributed by atoms with Crippen LogP contribution in [0.3, 0.4) is 0 Å². The summed E-state index contributed by atoms with van der Waals surface area (Å²) in [6, 6.07) is 0.433. The Balaban J connectivity index is 3.23. The molecule has 0 amide bonds. The van der Waals surface area contributed by atoms with Gasteiger partial charge in [-0.2, -0.15) is 13.2 Å². The van der Waals surface area contributed by atoms with Crippen LogP contribution in [0, 0.1) is 12.7 Å². The Hall–Kier alpha value is -1.13. The van der Waals surface area contributed by atoms with E-state index in [1.54, 1.807) is 0 Å². The molecule has 0 atom stereocenters. The Morgan fingerprint density at radius 3 is 2.33 bits per heavy atom. The molecule has 0 aromatic carbocycles. The maximum Gasteiger partial charge on any atom is 0.418 e. The molecule has 0 N–H and O–H groups in total. The summed E-state index contributed by atoms with van der Waals surface area (Å²) in [6.45, 7) is 1.18. The van der Waals surface area contributed by atoms with Gasteiger partial charge in [-0.25, -0.2) is 4.39 Å². The first kappa shape index (κ1) is 8.96. The van der Waals surface area contributed by atoms with Crippen molar-refractivity contribution in [1.82, 2.24) is 4.98 Å². The molecule has 0 aliphatic heterocycles. The second kappa shape index (κ2) is 2.73. The first-order valence-corrected chi connectivity index (χ1v) is 3.10. The molecule has 66 valence electrons. The standard InChI is InChI=1S/C7H5F4N/c1-4-6(7(9,10)11)2-5(8)3-12-4/h2-3H,1H3. The van der Waals surface area contributed by atoms with Gasteiger partial charge >= 0.3 is 6.18 Å². The van der Waals surface area contributed by atoms with Crippen LogP contribution in [-0.2, 0) is 6.18 Å². The van der Waals surface area contributed by atoms with Crippen molar-refractivity contribution in [1.29, 1.82) is 0 Å². The first-order chi connectivity index (χ1) is 5.41. The number of halogens is 4. The molecule has 0 radical (unpaired) electrons. The van der Waals surface area contributed by atoms with Crippen molar-refractivity contribution in [3.63, 3.8) is 0 Å². The fourth-order valence-corrected chi connectivity index (χ4v) is 0.795. The molecule has 0 aliphatic rings. The lowest BCUT2D eigenvalue weighted by atomic mass is 10.2. The SMILES string of the molecule is Cc1ncc(F)cc1C(F)(F)F. The van der Waals surface area contributed by atoms with Gasteiger partial charge in [0.25, 0.3) is 0 Å². The molecular formula is C7H5F4N. The predicted octanol–water partition coefficient (Wildman–Crippen LogP) is 2.55. The molecule has 1 rings (SSSR count). The van der Waals surface area contributed by atoms with E-state index in [-0.39, 0.29) is 5.69 Å². The van der Waals surface area contributed by atoms with E-state index in [1.807, 2.05) is 0 Å². The quantitative estimate of drug-likeness (QED) is 0.557. The zero-order valence-corrected chi connectivity index (χ0v) is 6.11. The molecule has 0 spiro atoms. The largest absolute Gasteiger partial charge is 0.418 e. The van der Waals surface area contributed by atoms with Gasteiger partial charge in [0.1, 0.15) is 5.82 Å². The van der Waals surface area contributed by atoms with Crippen molar-refractivity contribution in [3.05, 3.63) is 29.3 Å². The minimum Gasteiger partial charge on any atom is -0.258 e. The topological polar surface area (TPSA) is 12.9 Å². The summed E-state index contributed by atoms with van der Waals surface area (Å²) in [5.41, 5.74) is -1.24. The second-order valence-electron chi connectivity index (χ2n) is 2.28. The van der Waals surface area contributed by atoms with E-state index in [4.69, 9.17) is 0 Å². The fourth-order valence-electron chi connectivity index (χ4n) is 0.795. The van der Waals surface area contributed by atoms with E-state index in [0.29, 0.717) is 6.07 Å². The van der Waals surface area contributed by atoms with Crippen LogP contribution in [0.4, 0.5) is 17.6 Å². The summed E-state index contributed by atoms with van der Waals surface area (Å²) in [7, 11) is 0. The van der Waals surface area contributed by atoms with E-state index >= 15 is 0 Å². The minimum absolute atomic E-state index is 0.219. The number of alkyl halides is 3. The third-order valence-corrected chi connectivity index (χ3v) is 1.36. The van der Waals surface area contributed by atoms with Crippen LogP contribution in [0.2, 0.25) is 0 Å². The molecule has 0 saturated heterocycles. The summed E-state index contributed by atoms with van der Waals surface area (Å²) < 4.78 is 48.4. The van der Waals surface area contributed by atoms with Crippen LogP contribution < -0.4 is 0 Å². The van der Waals surface area contributed by atoms with E-state index in [0.717, 1.165) is 6.20 Å². The number of hydrogen-bond acceptors (Lipinski definition) is 1. The summed E-state index contributed by atoms with van der Waals surface area (Å²) in [4.78, 5) is 3.25. The van der Waals surface area contributed by atoms with E-state index in [2.05, 4.69) is 4.98 Å². The van der Waals surface area contributed by atoms with Crippen molar-refractivity contribution < 1.29 is 17.6 Å². The van der Waals surface area contributed by atoms with Gasteiger partial charge < -0.3 is 0 Å². The number of aromatic nitrogens is 1. The number of rotatable bonds is 0. The zero-order valence-electron chi connectivity index (χ0n) is 6.11. The number of nitrogens with zero attached hydrogens (tertiary/aromatic N) is 1. The Labute approximate surface area is 66.0 Å². The number of aryl methyl sites for hydroxylation is 1. The molecular weight excluding hydrogens is 174 g/mol. The Morgan fingerprint density at radius 2 is 1.92 bits per heavy atom. The lowest BCUT2D eigenvalue weighted by Crippen LogP contribution is -2.09. The van der Waals surface area contributed by atoms with Crippen molar-refractivity contribution in [2.75, 3.05) is 0 Å². The molecule has 0 unspecified atom stereocenters. The van der Waals surface area contributed by atoms with Crippen LogP contribution in [-0.4, -0.2) is 4.98 Å². The second-order valence-corrected chi connectivity index (χ2v) is 2.28. The fraction of sp³-hybridized carbons (Fsp3) is 0.286. The third-order valence-electron chi connectivity index (χ3n) is 1.36. The van der Waals surface area contributed by atoms with E-state index in [9.17, 15) is 17.6 Å². The lowest BCUT2D eigenvalue weighted by molar-refractivity contribution is -0.138. The molecule has 0 saturated carbocycles. The van der Waals surface area contributed by atoms with Crippen LogP contribution in [0.1, 0.15) is 11.3 Å². The maximum atomic E-state index is 12.3. The zero-order chi connectivity index (χ0) is 9.35. The van der Waals surface area contributed by atoms with Crippen LogP contribution in [0.5, 0.6) is 0 Å².